The number of aromatic nitrogens is 1. The molecule has 1 aliphatic heterocycles. The number of aryl methyl sites for hydroxylation is 1. The summed E-state index contributed by atoms with van der Waals surface area (Å²) in [4.78, 5) is 7.34. The van der Waals surface area contributed by atoms with E-state index in [-0.39, 0.29) is 0 Å². The number of hydrogen-bond donors (Lipinski definition) is 1. The topological polar surface area (TPSA) is 28.2 Å². The molecule has 2 aliphatic rings. The van der Waals surface area contributed by atoms with Gasteiger partial charge in [0.1, 0.15) is 5.01 Å². The minimum atomic E-state index is 0.635. The third-order valence-corrected chi connectivity index (χ3v) is 5.42. The second-order valence-corrected chi connectivity index (χ2v) is 7.42. The molecule has 3 nitrogen and oxygen atoms in total. The zero-order valence-corrected chi connectivity index (χ0v) is 13.0. The predicted octanol–water partition coefficient (Wildman–Crippen LogP) is 2.66. The average molecular weight is 279 g/mol. The largest absolute Gasteiger partial charge is 0.311 e. The van der Waals surface area contributed by atoms with Crippen LogP contribution in [0.15, 0.2) is 5.38 Å². The van der Waals surface area contributed by atoms with Crippen molar-refractivity contribution in [2.75, 3.05) is 13.1 Å². The van der Waals surface area contributed by atoms with E-state index in [1.807, 2.05) is 11.3 Å². The first-order chi connectivity index (χ1) is 9.13. The molecule has 1 aromatic heterocycles. The predicted molar refractivity (Wildman–Crippen MR) is 80.4 cm³/mol. The van der Waals surface area contributed by atoms with Gasteiger partial charge in [0.15, 0.2) is 0 Å². The van der Waals surface area contributed by atoms with Crippen LogP contribution in [0.3, 0.4) is 0 Å². The molecule has 0 radical (unpaired) electrons. The van der Waals surface area contributed by atoms with Crippen LogP contribution in [0.1, 0.15) is 37.4 Å². The first kappa shape index (κ1) is 13.5. The van der Waals surface area contributed by atoms with Gasteiger partial charge in [0.2, 0.25) is 0 Å². The number of nitrogens with zero attached hydrogens (tertiary/aromatic N) is 2. The van der Waals surface area contributed by atoms with Gasteiger partial charge in [0.25, 0.3) is 0 Å². The SMILES string of the molecule is Cc1csc(CN2CC(C(C)C)NCC2C2CC2)n1. The van der Waals surface area contributed by atoms with Crippen molar-refractivity contribution in [1.82, 2.24) is 15.2 Å². The highest BCUT2D eigenvalue weighted by atomic mass is 32.1. The molecule has 2 heterocycles. The molecule has 0 spiro atoms. The molecule has 2 atom stereocenters. The van der Waals surface area contributed by atoms with E-state index in [0.717, 1.165) is 25.0 Å². The van der Waals surface area contributed by atoms with Crippen molar-refractivity contribution in [3.63, 3.8) is 0 Å². The Bertz CT molecular complexity index is 425. The molecule has 1 N–H and O–H groups in total. The summed E-state index contributed by atoms with van der Waals surface area (Å²) in [6, 6.07) is 1.37. The summed E-state index contributed by atoms with van der Waals surface area (Å²) < 4.78 is 0. The van der Waals surface area contributed by atoms with E-state index < -0.39 is 0 Å². The molecule has 2 fully saturated rings. The van der Waals surface area contributed by atoms with Crippen LogP contribution in [0.2, 0.25) is 0 Å². The van der Waals surface area contributed by atoms with Crippen LogP contribution in [0.25, 0.3) is 0 Å². The number of thiazole rings is 1. The van der Waals surface area contributed by atoms with Crippen LogP contribution >= 0.6 is 11.3 Å². The Morgan fingerprint density at radius 2 is 2.26 bits per heavy atom. The third-order valence-electron chi connectivity index (χ3n) is 4.47. The van der Waals surface area contributed by atoms with Gasteiger partial charge in [0, 0.05) is 36.2 Å². The van der Waals surface area contributed by atoms with Gasteiger partial charge in [-0.2, -0.15) is 0 Å². The minimum absolute atomic E-state index is 0.635. The minimum Gasteiger partial charge on any atom is -0.311 e. The van der Waals surface area contributed by atoms with Gasteiger partial charge < -0.3 is 5.32 Å². The zero-order valence-electron chi connectivity index (χ0n) is 12.2. The lowest BCUT2D eigenvalue weighted by molar-refractivity contribution is 0.0925. The van der Waals surface area contributed by atoms with Crippen LogP contribution < -0.4 is 5.32 Å². The molecule has 19 heavy (non-hydrogen) atoms. The van der Waals surface area contributed by atoms with Crippen molar-refractivity contribution in [3.8, 4) is 0 Å². The smallest absolute Gasteiger partial charge is 0.107 e. The summed E-state index contributed by atoms with van der Waals surface area (Å²) in [6.45, 7) is 10.1. The molecular weight excluding hydrogens is 254 g/mol. The Morgan fingerprint density at radius 1 is 1.47 bits per heavy atom. The normalized spacial score (nSPS) is 29.1. The lowest BCUT2D eigenvalue weighted by atomic mass is 9.97. The molecule has 1 aliphatic carbocycles. The number of piperazine rings is 1. The van der Waals surface area contributed by atoms with Gasteiger partial charge >= 0.3 is 0 Å². The maximum Gasteiger partial charge on any atom is 0.107 e. The summed E-state index contributed by atoms with van der Waals surface area (Å²) in [5, 5.41) is 7.21. The van der Waals surface area contributed by atoms with Crippen molar-refractivity contribution in [3.05, 3.63) is 16.1 Å². The van der Waals surface area contributed by atoms with Crippen LogP contribution in [-0.4, -0.2) is 35.1 Å². The monoisotopic (exact) mass is 279 g/mol. The van der Waals surface area contributed by atoms with Crippen LogP contribution in [0, 0.1) is 18.8 Å². The zero-order chi connectivity index (χ0) is 13.4. The average Bonchev–Trinajstić information content (AvgIpc) is 3.13. The van der Waals surface area contributed by atoms with Gasteiger partial charge in [-0.05, 0) is 31.6 Å². The lowest BCUT2D eigenvalue weighted by Gasteiger charge is -2.41. The van der Waals surface area contributed by atoms with Crippen LogP contribution in [0.4, 0.5) is 0 Å². The molecule has 0 bridgehead atoms. The molecule has 106 valence electrons. The summed E-state index contributed by atoms with van der Waals surface area (Å²) >= 11 is 1.81. The summed E-state index contributed by atoms with van der Waals surface area (Å²) in [5.41, 5.74) is 1.17. The number of nitrogens with one attached hydrogen (secondary N) is 1. The van der Waals surface area contributed by atoms with E-state index in [2.05, 4.69) is 41.4 Å². The summed E-state index contributed by atoms with van der Waals surface area (Å²) in [6.07, 6.45) is 2.85. The summed E-state index contributed by atoms with van der Waals surface area (Å²) in [7, 11) is 0. The fourth-order valence-corrected chi connectivity index (χ4v) is 3.87. The van der Waals surface area contributed by atoms with Gasteiger partial charge in [-0.3, -0.25) is 4.90 Å². The van der Waals surface area contributed by atoms with Gasteiger partial charge in [-0.1, -0.05) is 13.8 Å². The highest BCUT2D eigenvalue weighted by molar-refractivity contribution is 7.09. The Kier molecular flexibility index (Phi) is 3.92. The fraction of sp³-hybridized carbons (Fsp3) is 0.800. The second-order valence-electron chi connectivity index (χ2n) is 6.48. The Balaban J connectivity index is 1.69. The van der Waals surface area contributed by atoms with E-state index in [0.29, 0.717) is 12.0 Å². The molecule has 0 aromatic carbocycles. The van der Waals surface area contributed by atoms with Gasteiger partial charge in [0.05, 0.1) is 6.54 Å². The van der Waals surface area contributed by atoms with Gasteiger partial charge in [-0.15, -0.1) is 11.3 Å². The standard InChI is InChI=1S/C15H25N3S/c1-10(2)13-7-18(8-15-17-11(3)9-19-15)14(6-16-13)12-4-5-12/h9-10,12-14,16H,4-8H2,1-3H3. The maximum atomic E-state index is 4.65. The Labute approximate surface area is 120 Å². The van der Waals surface area contributed by atoms with Crippen molar-refractivity contribution >= 4 is 11.3 Å². The van der Waals surface area contributed by atoms with Crippen molar-refractivity contribution in [2.45, 2.75) is 52.2 Å². The molecule has 1 saturated heterocycles. The molecular formula is C15H25N3S. The van der Waals surface area contributed by atoms with E-state index in [9.17, 15) is 0 Å². The van der Waals surface area contributed by atoms with Crippen molar-refractivity contribution in [2.24, 2.45) is 11.8 Å². The van der Waals surface area contributed by atoms with Crippen molar-refractivity contribution in [1.29, 1.82) is 0 Å². The molecule has 1 aromatic rings. The molecule has 0 amide bonds. The fourth-order valence-electron chi connectivity index (χ4n) is 3.08. The van der Waals surface area contributed by atoms with Crippen molar-refractivity contribution < 1.29 is 0 Å². The molecule has 3 rings (SSSR count). The van der Waals surface area contributed by atoms with Crippen LogP contribution in [-0.2, 0) is 6.54 Å². The van der Waals surface area contributed by atoms with E-state index in [4.69, 9.17) is 0 Å². The number of rotatable bonds is 4. The molecule has 1 saturated carbocycles. The highest BCUT2D eigenvalue weighted by Gasteiger charge is 2.39. The summed E-state index contributed by atoms with van der Waals surface area (Å²) in [5.74, 6) is 1.64. The third kappa shape index (κ3) is 3.18. The van der Waals surface area contributed by atoms with E-state index >= 15 is 0 Å². The Hall–Kier alpha value is -0.450. The first-order valence-corrected chi connectivity index (χ1v) is 8.40. The maximum absolute atomic E-state index is 4.65. The Morgan fingerprint density at radius 3 is 2.84 bits per heavy atom. The van der Waals surface area contributed by atoms with E-state index in [1.165, 1.54) is 30.1 Å². The van der Waals surface area contributed by atoms with Crippen LogP contribution in [0.5, 0.6) is 0 Å². The quantitative estimate of drug-likeness (QED) is 0.918. The molecule has 2 unspecified atom stereocenters. The second kappa shape index (κ2) is 5.51. The van der Waals surface area contributed by atoms with Gasteiger partial charge in [-0.25, -0.2) is 4.98 Å². The lowest BCUT2D eigenvalue weighted by Crippen LogP contribution is -2.58. The number of hydrogen-bond acceptors (Lipinski definition) is 4. The van der Waals surface area contributed by atoms with E-state index in [1.54, 1.807) is 0 Å². The first-order valence-electron chi connectivity index (χ1n) is 7.52. The molecule has 4 heteroatoms. The highest BCUT2D eigenvalue weighted by Crippen LogP contribution is 2.37.